The standard InChI is InChI=1S/C10H8Br2ClN3S/c11-7-5-15-10(13)16-9(7)14-4-3-6-1-2-8(12)17-6/h1-2,5H,3-4H2,(H,14,15,16). The lowest BCUT2D eigenvalue weighted by molar-refractivity contribution is 1.01. The quantitative estimate of drug-likeness (QED) is 0.779. The molecule has 90 valence electrons. The third-order valence-electron chi connectivity index (χ3n) is 2.01. The second kappa shape index (κ2) is 6.13. The van der Waals surface area contributed by atoms with Crippen molar-refractivity contribution >= 4 is 60.6 Å². The Balaban J connectivity index is 1.91. The number of nitrogens with one attached hydrogen (secondary N) is 1. The molecule has 0 saturated heterocycles. The maximum atomic E-state index is 5.73. The van der Waals surface area contributed by atoms with Crippen LogP contribution in [0.2, 0.25) is 5.28 Å². The monoisotopic (exact) mass is 395 g/mol. The lowest BCUT2D eigenvalue weighted by Gasteiger charge is -2.06. The summed E-state index contributed by atoms with van der Waals surface area (Å²) < 4.78 is 1.97. The Kier molecular flexibility index (Phi) is 4.78. The van der Waals surface area contributed by atoms with E-state index in [0.717, 1.165) is 27.0 Å². The van der Waals surface area contributed by atoms with Gasteiger partial charge in [-0.25, -0.2) is 4.98 Å². The third kappa shape index (κ3) is 3.91. The van der Waals surface area contributed by atoms with Gasteiger partial charge in [-0.1, -0.05) is 0 Å². The van der Waals surface area contributed by atoms with Gasteiger partial charge in [0.05, 0.1) is 8.26 Å². The van der Waals surface area contributed by atoms with E-state index in [2.05, 4.69) is 59.3 Å². The summed E-state index contributed by atoms with van der Waals surface area (Å²) >= 11 is 14.3. The molecule has 2 rings (SSSR count). The second-order valence-corrected chi connectivity index (χ2v) is 6.96. The average Bonchev–Trinajstić information content (AvgIpc) is 2.69. The van der Waals surface area contributed by atoms with Crippen molar-refractivity contribution in [2.24, 2.45) is 0 Å². The molecule has 2 aromatic rings. The summed E-state index contributed by atoms with van der Waals surface area (Å²) in [6.07, 6.45) is 2.59. The topological polar surface area (TPSA) is 37.8 Å². The molecule has 0 radical (unpaired) electrons. The lowest BCUT2D eigenvalue weighted by Crippen LogP contribution is -2.06. The predicted octanol–water partition coefficient (Wildman–Crippen LogP) is 4.37. The van der Waals surface area contributed by atoms with Crippen LogP contribution in [0.4, 0.5) is 5.82 Å². The van der Waals surface area contributed by atoms with E-state index in [-0.39, 0.29) is 5.28 Å². The molecule has 0 atom stereocenters. The smallest absolute Gasteiger partial charge is 0.224 e. The molecular weight excluding hydrogens is 389 g/mol. The van der Waals surface area contributed by atoms with E-state index in [1.807, 2.05) is 0 Å². The predicted molar refractivity (Wildman–Crippen MR) is 79.0 cm³/mol. The van der Waals surface area contributed by atoms with Crippen LogP contribution >= 0.6 is 54.8 Å². The fraction of sp³-hybridized carbons (Fsp3) is 0.200. The Morgan fingerprint density at radius 2 is 2.18 bits per heavy atom. The molecule has 2 aromatic heterocycles. The number of anilines is 1. The molecule has 0 bridgehead atoms. The average molecular weight is 398 g/mol. The van der Waals surface area contributed by atoms with Crippen LogP contribution in [0.5, 0.6) is 0 Å². The van der Waals surface area contributed by atoms with Crippen LogP contribution in [0, 0.1) is 0 Å². The van der Waals surface area contributed by atoms with Gasteiger partial charge in [0.1, 0.15) is 5.82 Å². The molecule has 0 fully saturated rings. The fourth-order valence-corrected chi connectivity index (χ4v) is 3.21. The molecule has 0 aliphatic carbocycles. The Morgan fingerprint density at radius 3 is 2.88 bits per heavy atom. The first-order valence-electron chi connectivity index (χ1n) is 4.81. The Hall–Kier alpha value is -0.170. The molecule has 0 saturated carbocycles. The van der Waals surface area contributed by atoms with Gasteiger partial charge >= 0.3 is 0 Å². The van der Waals surface area contributed by atoms with E-state index in [0.29, 0.717) is 0 Å². The van der Waals surface area contributed by atoms with Crippen molar-refractivity contribution in [1.29, 1.82) is 0 Å². The van der Waals surface area contributed by atoms with Gasteiger partial charge in [0.2, 0.25) is 5.28 Å². The minimum atomic E-state index is 0.245. The number of aromatic nitrogens is 2. The molecule has 1 N–H and O–H groups in total. The van der Waals surface area contributed by atoms with Gasteiger partial charge in [0.25, 0.3) is 0 Å². The van der Waals surface area contributed by atoms with E-state index in [4.69, 9.17) is 11.6 Å². The van der Waals surface area contributed by atoms with Crippen LogP contribution in [0.3, 0.4) is 0 Å². The lowest BCUT2D eigenvalue weighted by atomic mass is 10.3. The van der Waals surface area contributed by atoms with Gasteiger partial charge in [-0.05, 0) is 62.0 Å². The third-order valence-corrected chi connectivity index (χ3v) is 4.45. The number of hydrogen-bond donors (Lipinski definition) is 1. The number of hydrogen-bond acceptors (Lipinski definition) is 4. The first-order chi connectivity index (χ1) is 8.15. The van der Waals surface area contributed by atoms with E-state index in [9.17, 15) is 0 Å². The Bertz CT molecular complexity index is 518. The summed E-state index contributed by atoms with van der Waals surface area (Å²) in [5.74, 6) is 0.723. The zero-order valence-corrected chi connectivity index (χ0v) is 13.3. The summed E-state index contributed by atoms with van der Waals surface area (Å²) in [6.45, 7) is 0.804. The molecule has 0 aromatic carbocycles. The van der Waals surface area contributed by atoms with Crippen molar-refractivity contribution in [2.45, 2.75) is 6.42 Å². The number of halogens is 3. The molecule has 3 nitrogen and oxygen atoms in total. The molecule has 0 aliphatic rings. The molecular formula is C10H8Br2ClN3S. The van der Waals surface area contributed by atoms with Crippen molar-refractivity contribution in [1.82, 2.24) is 9.97 Å². The van der Waals surface area contributed by atoms with Crippen LogP contribution < -0.4 is 5.32 Å². The van der Waals surface area contributed by atoms with E-state index < -0.39 is 0 Å². The number of nitrogens with zero attached hydrogens (tertiary/aromatic N) is 2. The van der Waals surface area contributed by atoms with Gasteiger partial charge < -0.3 is 5.32 Å². The molecule has 0 aliphatic heterocycles. The van der Waals surface area contributed by atoms with Crippen molar-refractivity contribution in [3.05, 3.63) is 36.7 Å². The summed E-state index contributed by atoms with van der Waals surface area (Å²) in [6, 6.07) is 4.16. The summed E-state index contributed by atoms with van der Waals surface area (Å²) in [4.78, 5) is 9.29. The Labute approximate surface area is 125 Å². The molecule has 2 heterocycles. The van der Waals surface area contributed by atoms with Gasteiger partial charge in [-0.2, -0.15) is 4.98 Å². The largest absolute Gasteiger partial charge is 0.369 e. The van der Waals surface area contributed by atoms with E-state index >= 15 is 0 Å². The van der Waals surface area contributed by atoms with Gasteiger partial charge in [-0.3, -0.25) is 0 Å². The zero-order chi connectivity index (χ0) is 12.3. The highest BCUT2D eigenvalue weighted by atomic mass is 79.9. The number of rotatable bonds is 4. The highest BCUT2D eigenvalue weighted by Gasteiger charge is 2.03. The van der Waals surface area contributed by atoms with Crippen molar-refractivity contribution in [2.75, 3.05) is 11.9 Å². The van der Waals surface area contributed by atoms with E-state index in [1.165, 1.54) is 4.88 Å². The van der Waals surface area contributed by atoms with Gasteiger partial charge in [0, 0.05) is 17.6 Å². The maximum Gasteiger partial charge on any atom is 0.224 e. The van der Waals surface area contributed by atoms with Crippen molar-refractivity contribution in [3.8, 4) is 0 Å². The van der Waals surface area contributed by atoms with Crippen LogP contribution in [0.25, 0.3) is 0 Å². The molecule has 0 amide bonds. The van der Waals surface area contributed by atoms with Crippen LogP contribution in [-0.2, 0) is 6.42 Å². The molecule has 0 unspecified atom stereocenters. The van der Waals surface area contributed by atoms with E-state index in [1.54, 1.807) is 17.5 Å². The second-order valence-electron chi connectivity index (χ2n) is 3.22. The summed E-state index contributed by atoms with van der Waals surface area (Å²) in [5.41, 5.74) is 0. The highest BCUT2D eigenvalue weighted by Crippen LogP contribution is 2.23. The van der Waals surface area contributed by atoms with Crippen LogP contribution in [0.1, 0.15) is 4.88 Å². The summed E-state index contributed by atoms with van der Waals surface area (Å²) in [5, 5.41) is 3.47. The SMILES string of the molecule is Clc1ncc(Br)c(NCCc2ccc(Br)s2)n1. The highest BCUT2D eigenvalue weighted by molar-refractivity contribution is 9.11. The minimum absolute atomic E-state index is 0.245. The van der Waals surface area contributed by atoms with Crippen LogP contribution in [0.15, 0.2) is 26.6 Å². The number of thiophene rings is 1. The molecule has 17 heavy (non-hydrogen) atoms. The molecule has 0 spiro atoms. The van der Waals surface area contributed by atoms with Crippen LogP contribution in [-0.4, -0.2) is 16.5 Å². The molecule has 7 heteroatoms. The first kappa shape index (κ1) is 13.3. The van der Waals surface area contributed by atoms with Crippen molar-refractivity contribution in [3.63, 3.8) is 0 Å². The van der Waals surface area contributed by atoms with Gasteiger partial charge in [-0.15, -0.1) is 11.3 Å². The van der Waals surface area contributed by atoms with Crippen molar-refractivity contribution < 1.29 is 0 Å². The Morgan fingerprint density at radius 1 is 1.35 bits per heavy atom. The zero-order valence-electron chi connectivity index (χ0n) is 8.58. The van der Waals surface area contributed by atoms with Gasteiger partial charge in [0.15, 0.2) is 0 Å². The normalized spacial score (nSPS) is 10.5. The first-order valence-corrected chi connectivity index (χ1v) is 7.59. The summed E-state index contributed by atoms with van der Waals surface area (Å²) in [7, 11) is 0. The maximum absolute atomic E-state index is 5.73. The fourth-order valence-electron chi connectivity index (χ4n) is 1.26. The minimum Gasteiger partial charge on any atom is -0.369 e.